The number of rotatable bonds is 4. The molecular formula is C14H15N3O3S. The Hall–Kier alpha value is -2.30. The molecule has 7 heteroatoms. The lowest BCUT2D eigenvalue weighted by atomic mass is 10.1. The molecule has 0 aliphatic carbocycles. The van der Waals surface area contributed by atoms with Crippen molar-refractivity contribution in [1.29, 1.82) is 0 Å². The van der Waals surface area contributed by atoms with Gasteiger partial charge in [-0.1, -0.05) is 17.9 Å². The maximum Gasteiger partial charge on any atom is 0.278 e. The Labute approximate surface area is 123 Å². The molecule has 0 amide bonds. The summed E-state index contributed by atoms with van der Waals surface area (Å²) < 4.78 is 26.6. The van der Waals surface area contributed by atoms with Crippen LogP contribution in [0.2, 0.25) is 0 Å². The predicted molar refractivity (Wildman–Crippen MR) is 79.2 cm³/mol. The summed E-state index contributed by atoms with van der Waals surface area (Å²) in [5.74, 6) is 5.73. The zero-order valence-electron chi connectivity index (χ0n) is 11.4. The van der Waals surface area contributed by atoms with Crippen LogP contribution < -0.4 is 4.72 Å². The third-order valence-corrected chi connectivity index (χ3v) is 4.03. The normalized spacial score (nSPS) is 10.8. The van der Waals surface area contributed by atoms with Crippen molar-refractivity contribution >= 4 is 15.7 Å². The van der Waals surface area contributed by atoms with Gasteiger partial charge >= 0.3 is 0 Å². The molecule has 0 saturated heterocycles. The van der Waals surface area contributed by atoms with E-state index in [0.29, 0.717) is 17.7 Å². The second-order valence-corrected chi connectivity index (χ2v) is 5.98. The summed E-state index contributed by atoms with van der Waals surface area (Å²) in [7, 11) is -3.68. The Balaban J connectivity index is 2.26. The number of benzene rings is 1. The molecule has 0 radical (unpaired) electrons. The van der Waals surface area contributed by atoms with Gasteiger partial charge in [0, 0.05) is 12.0 Å². The lowest BCUT2D eigenvalue weighted by Gasteiger charge is -2.07. The molecular weight excluding hydrogens is 290 g/mol. The van der Waals surface area contributed by atoms with Gasteiger partial charge in [-0.3, -0.25) is 9.82 Å². The molecule has 1 aromatic heterocycles. The quantitative estimate of drug-likeness (QED) is 0.741. The molecule has 0 spiro atoms. The fourth-order valence-corrected chi connectivity index (χ4v) is 2.60. The van der Waals surface area contributed by atoms with E-state index >= 15 is 0 Å². The summed E-state index contributed by atoms with van der Waals surface area (Å²) in [4.78, 5) is 0. The summed E-state index contributed by atoms with van der Waals surface area (Å²) >= 11 is 0. The predicted octanol–water partition coefficient (Wildman–Crippen LogP) is 1.25. The van der Waals surface area contributed by atoms with Crippen molar-refractivity contribution in [2.45, 2.75) is 18.4 Å². The molecule has 6 nitrogen and oxygen atoms in total. The number of H-pyrrole nitrogens is 1. The average Bonchev–Trinajstić information content (AvgIpc) is 2.97. The van der Waals surface area contributed by atoms with Crippen molar-refractivity contribution < 1.29 is 13.5 Å². The molecule has 1 aromatic carbocycles. The van der Waals surface area contributed by atoms with Crippen LogP contribution in [-0.2, 0) is 10.0 Å². The molecule has 0 bridgehead atoms. The number of aliphatic hydroxyl groups is 1. The molecule has 21 heavy (non-hydrogen) atoms. The van der Waals surface area contributed by atoms with Crippen LogP contribution in [0.1, 0.15) is 17.5 Å². The minimum absolute atomic E-state index is 0.00179. The zero-order chi connectivity index (χ0) is 15.3. The number of hydrogen-bond acceptors (Lipinski definition) is 4. The molecule has 0 aliphatic heterocycles. The molecule has 3 N–H and O–H groups in total. The number of aliphatic hydroxyl groups excluding tert-OH is 1. The van der Waals surface area contributed by atoms with Gasteiger partial charge in [-0.2, -0.15) is 13.5 Å². The van der Waals surface area contributed by atoms with Gasteiger partial charge in [-0.15, -0.1) is 0 Å². The van der Waals surface area contributed by atoms with Crippen molar-refractivity contribution in [3.8, 4) is 11.8 Å². The highest BCUT2D eigenvalue weighted by Crippen LogP contribution is 2.18. The van der Waals surface area contributed by atoms with Crippen LogP contribution in [0.3, 0.4) is 0 Å². The average molecular weight is 305 g/mol. The third kappa shape index (κ3) is 3.84. The van der Waals surface area contributed by atoms with E-state index in [9.17, 15) is 8.42 Å². The van der Waals surface area contributed by atoms with Crippen LogP contribution in [-0.4, -0.2) is 30.3 Å². The third-order valence-electron chi connectivity index (χ3n) is 2.71. The van der Waals surface area contributed by atoms with Crippen molar-refractivity contribution in [3.05, 3.63) is 41.6 Å². The first-order chi connectivity index (χ1) is 10.0. The van der Waals surface area contributed by atoms with Crippen LogP contribution in [0.15, 0.2) is 35.5 Å². The van der Waals surface area contributed by atoms with E-state index in [4.69, 9.17) is 5.11 Å². The largest absolute Gasteiger partial charge is 0.395 e. The lowest BCUT2D eigenvalue weighted by molar-refractivity contribution is 0.305. The number of aryl methyl sites for hydroxylation is 1. The maximum absolute atomic E-state index is 12.1. The van der Waals surface area contributed by atoms with Gasteiger partial charge in [0.1, 0.15) is 0 Å². The van der Waals surface area contributed by atoms with Crippen LogP contribution in [0.5, 0.6) is 0 Å². The Morgan fingerprint density at radius 2 is 2.19 bits per heavy atom. The summed E-state index contributed by atoms with van der Waals surface area (Å²) in [6.45, 7) is 1.88. The highest BCUT2D eigenvalue weighted by molar-refractivity contribution is 7.92. The maximum atomic E-state index is 12.1. The number of anilines is 1. The SMILES string of the molecule is Cc1ccc(NS(=O)(=O)c2ccn[nH]2)cc1C#CCCO. The summed E-state index contributed by atoms with van der Waals surface area (Å²) in [5, 5.41) is 14.8. The van der Waals surface area contributed by atoms with Crippen molar-refractivity contribution in [2.75, 3.05) is 11.3 Å². The minimum Gasteiger partial charge on any atom is -0.395 e. The zero-order valence-corrected chi connectivity index (χ0v) is 12.2. The van der Waals surface area contributed by atoms with Crippen LogP contribution >= 0.6 is 0 Å². The van der Waals surface area contributed by atoms with E-state index in [-0.39, 0.29) is 11.6 Å². The van der Waals surface area contributed by atoms with Gasteiger partial charge in [0.15, 0.2) is 5.03 Å². The number of hydrogen-bond donors (Lipinski definition) is 3. The molecule has 0 unspecified atom stereocenters. The lowest BCUT2D eigenvalue weighted by Crippen LogP contribution is -2.13. The van der Waals surface area contributed by atoms with E-state index < -0.39 is 10.0 Å². The van der Waals surface area contributed by atoms with E-state index in [2.05, 4.69) is 26.8 Å². The first-order valence-electron chi connectivity index (χ1n) is 6.25. The molecule has 0 aliphatic rings. The number of nitrogens with one attached hydrogen (secondary N) is 2. The summed E-state index contributed by atoms with van der Waals surface area (Å²) in [6.07, 6.45) is 1.75. The fraction of sp³-hybridized carbons (Fsp3) is 0.214. The number of sulfonamides is 1. The molecule has 0 atom stereocenters. The van der Waals surface area contributed by atoms with Crippen molar-refractivity contribution in [2.24, 2.45) is 0 Å². The second-order valence-electron chi connectivity index (χ2n) is 4.33. The summed E-state index contributed by atoms with van der Waals surface area (Å²) in [5.41, 5.74) is 2.07. The first kappa shape index (κ1) is 15.1. The summed E-state index contributed by atoms with van der Waals surface area (Å²) in [6, 6.07) is 6.49. The molecule has 0 saturated carbocycles. The molecule has 1 heterocycles. The van der Waals surface area contributed by atoms with Crippen molar-refractivity contribution in [1.82, 2.24) is 10.2 Å². The van der Waals surface area contributed by atoms with Gasteiger partial charge in [-0.25, -0.2) is 0 Å². The molecule has 2 aromatic rings. The molecule has 110 valence electrons. The van der Waals surface area contributed by atoms with Crippen LogP contribution in [0, 0.1) is 18.8 Å². The number of nitrogens with zero attached hydrogens (tertiary/aromatic N) is 1. The van der Waals surface area contributed by atoms with Gasteiger partial charge in [0.05, 0.1) is 18.5 Å². The Kier molecular flexibility index (Phi) is 4.62. The first-order valence-corrected chi connectivity index (χ1v) is 7.74. The van der Waals surface area contributed by atoms with Crippen molar-refractivity contribution in [3.63, 3.8) is 0 Å². The number of aromatic amines is 1. The van der Waals surface area contributed by atoms with Gasteiger partial charge in [0.2, 0.25) is 0 Å². The van der Waals surface area contributed by atoms with E-state index in [1.807, 2.05) is 6.92 Å². The molecule has 0 fully saturated rings. The standard InChI is InChI=1S/C14H15N3O3S/c1-11-5-6-13(10-12(11)4-2-3-9-18)17-21(19,20)14-7-8-15-16-14/h5-8,10,17-18H,3,9H2,1H3,(H,15,16). The highest BCUT2D eigenvalue weighted by Gasteiger charge is 2.15. The van der Waals surface area contributed by atoms with Crippen LogP contribution in [0.25, 0.3) is 0 Å². The smallest absolute Gasteiger partial charge is 0.278 e. The Bertz CT molecular complexity index is 772. The van der Waals surface area contributed by atoms with Gasteiger partial charge in [-0.05, 0) is 30.7 Å². The van der Waals surface area contributed by atoms with E-state index in [1.54, 1.807) is 18.2 Å². The van der Waals surface area contributed by atoms with E-state index in [0.717, 1.165) is 5.56 Å². The van der Waals surface area contributed by atoms with Crippen LogP contribution in [0.4, 0.5) is 5.69 Å². The van der Waals surface area contributed by atoms with Gasteiger partial charge in [0.25, 0.3) is 10.0 Å². The fourth-order valence-electron chi connectivity index (χ4n) is 1.64. The number of aromatic nitrogens is 2. The monoisotopic (exact) mass is 305 g/mol. The van der Waals surface area contributed by atoms with Gasteiger partial charge < -0.3 is 5.11 Å². The second kappa shape index (κ2) is 6.43. The van der Waals surface area contributed by atoms with E-state index in [1.165, 1.54) is 12.3 Å². The highest BCUT2D eigenvalue weighted by atomic mass is 32.2. The minimum atomic E-state index is -3.68. The molecule has 2 rings (SSSR count). The topological polar surface area (TPSA) is 95.1 Å². The Morgan fingerprint density at radius 1 is 1.38 bits per heavy atom. The Morgan fingerprint density at radius 3 is 2.86 bits per heavy atom.